The lowest BCUT2D eigenvalue weighted by atomic mass is 9.99. The van der Waals surface area contributed by atoms with Crippen LogP contribution in [-0.4, -0.2) is 14.8 Å². The highest BCUT2D eigenvalue weighted by molar-refractivity contribution is 6.28. The van der Waals surface area contributed by atoms with Gasteiger partial charge in [0.25, 0.3) is 0 Å². The van der Waals surface area contributed by atoms with E-state index in [1.54, 1.807) is 0 Å². The van der Waals surface area contributed by atoms with Gasteiger partial charge >= 0.3 is 0 Å². The Bertz CT molecular complexity index is 544. The molecule has 1 atom stereocenters. The second-order valence-corrected chi connectivity index (χ2v) is 5.65. The number of benzene rings is 1. The van der Waals surface area contributed by atoms with Crippen LogP contribution in [-0.2, 0) is 0 Å². The Balaban J connectivity index is 1.99. The van der Waals surface area contributed by atoms with Crippen molar-refractivity contribution in [1.82, 2.24) is 14.8 Å². The molecule has 0 radical (unpaired) electrons. The molecule has 1 fully saturated rings. The summed E-state index contributed by atoms with van der Waals surface area (Å²) in [7, 11) is 0. The van der Waals surface area contributed by atoms with Gasteiger partial charge in [-0.15, -0.1) is 10.2 Å². The molecular weight excluding hydrogens is 258 g/mol. The molecule has 4 heteroatoms. The van der Waals surface area contributed by atoms with Gasteiger partial charge in [0, 0.05) is 11.6 Å². The van der Waals surface area contributed by atoms with Crippen molar-refractivity contribution in [3.8, 4) is 11.4 Å². The van der Waals surface area contributed by atoms with E-state index in [9.17, 15) is 0 Å². The number of rotatable bonds is 3. The highest BCUT2D eigenvalue weighted by Gasteiger charge is 2.26. The van der Waals surface area contributed by atoms with Gasteiger partial charge in [0.15, 0.2) is 5.82 Å². The second-order valence-electron chi connectivity index (χ2n) is 5.31. The van der Waals surface area contributed by atoms with Crippen LogP contribution in [0.4, 0.5) is 0 Å². The van der Waals surface area contributed by atoms with E-state index < -0.39 is 0 Å². The molecule has 1 aromatic heterocycles. The van der Waals surface area contributed by atoms with Crippen LogP contribution in [0.1, 0.15) is 38.6 Å². The van der Waals surface area contributed by atoms with Gasteiger partial charge in [0.1, 0.15) is 0 Å². The number of nitrogens with zero attached hydrogens (tertiary/aromatic N) is 3. The summed E-state index contributed by atoms with van der Waals surface area (Å²) in [6.07, 6.45) is 5.22. The quantitative estimate of drug-likeness (QED) is 0.834. The minimum atomic E-state index is 0.361. The molecule has 0 bridgehead atoms. The van der Waals surface area contributed by atoms with E-state index in [2.05, 4.69) is 33.8 Å². The van der Waals surface area contributed by atoms with Crippen LogP contribution in [0.25, 0.3) is 11.4 Å². The summed E-state index contributed by atoms with van der Waals surface area (Å²) in [5, 5.41) is 8.82. The lowest BCUT2D eigenvalue weighted by Gasteiger charge is -2.22. The maximum atomic E-state index is 6.26. The van der Waals surface area contributed by atoms with Crippen molar-refractivity contribution in [2.24, 2.45) is 5.92 Å². The fraction of sp³-hybridized carbons (Fsp3) is 0.467. The van der Waals surface area contributed by atoms with E-state index >= 15 is 0 Å². The Morgan fingerprint density at radius 3 is 2.53 bits per heavy atom. The average Bonchev–Trinajstić information content (AvgIpc) is 3.08. The van der Waals surface area contributed by atoms with Crippen LogP contribution in [0.2, 0.25) is 5.28 Å². The van der Waals surface area contributed by atoms with Crippen molar-refractivity contribution in [3.63, 3.8) is 0 Å². The van der Waals surface area contributed by atoms with Gasteiger partial charge in [-0.2, -0.15) is 0 Å². The SMILES string of the molecule is CC(C1CCCC1)n1c(Cl)nnc1-c1ccccc1. The molecule has 3 rings (SSSR count). The Hall–Kier alpha value is -1.35. The molecule has 3 nitrogen and oxygen atoms in total. The number of hydrogen-bond donors (Lipinski definition) is 0. The van der Waals surface area contributed by atoms with Crippen molar-refractivity contribution in [2.75, 3.05) is 0 Å². The average molecular weight is 276 g/mol. The summed E-state index contributed by atoms with van der Waals surface area (Å²) >= 11 is 6.26. The van der Waals surface area contributed by atoms with Gasteiger partial charge < -0.3 is 0 Å². The second kappa shape index (κ2) is 5.33. The largest absolute Gasteiger partial charge is 0.295 e. The predicted octanol–water partition coefficient (Wildman–Crippen LogP) is 4.35. The van der Waals surface area contributed by atoms with Gasteiger partial charge in [-0.05, 0) is 37.3 Å². The Morgan fingerprint density at radius 2 is 1.84 bits per heavy atom. The molecule has 1 heterocycles. The summed E-state index contributed by atoms with van der Waals surface area (Å²) in [6.45, 7) is 2.23. The zero-order valence-electron chi connectivity index (χ0n) is 11.1. The van der Waals surface area contributed by atoms with Gasteiger partial charge in [-0.3, -0.25) is 4.57 Å². The Labute approximate surface area is 118 Å². The summed E-state index contributed by atoms with van der Waals surface area (Å²) in [4.78, 5) is 0. The first-order valence-corrected chi connectivity index (χ1v) is 7.31. The zero-order chi connectivity index (χ0) is 13.2. The smallest absolute Gasteiger partial charge is 0.225 e. The number of aromatic nitrogens is 3. The summed E-state index contributed by atoms with van der Waals surface area (Å²) < 4.78 is 2.09. The first-order valence-electron chi connectivity index (χ1n) is 6.93. The molecule has 1 aliphatic carbocycles. The molecule has 1 unspecified atom stereocenters. The molecule has 2 aromatic rings. The van der Waals surface area contributed by atoms with Crippen LogP contribution < -0.4 is 0 Å². The van der Waals surface area contributed by atoms with Crippen molar-refractivity contribution in [2.45, 2.75) is 38.6 Å². The minimum Gasteiger partial charge on any atom is -0.295 e. The van der Waals surface area contributed by atoms with E-state index in [-0.39, 0.29) is 0 Å². The van der Waals surface area contributed by atoms with Crippen molar-refractivity contribution in [1.29, 1.82) is 0 Å². The number of hydrogen-bond acceptors (Lipinski definition) is 2. The lowest BCUT2D eigenvalue weighted by molar-refractivity contribution is 0.363. The molecule has 1 aliphatic rings. The minimum absolute atomic E-state index is 0.361. The zero-order valence-corrected chi connectivity index (χ0v) is 11.8. The standard InChI is InChI=1S/C15H18ClN3/c1-11(12-7-5-6-8-12)19-14(17-18-15(19)16)13-9-3-2-4-10-13/h2-4,9-12H,5-8H2,1H3. The molecule has 0 saturated heterocycles. The molecule has 1 saturated carbocycles. The monoisotopic (exact) mass is 275 g/mol. The van der Waals surface area contributed by atoms with Gasteiger partial charge in [0.05, 0.1) is 0 Å². The molecular formula is C15H18ClN3. The third-order valence-corrected chi connectivity index (χ3v) is 4.43. The fourth-order valence-corrected chi connectivity index (χ4v) is 3.34. The fourth-order valence-electron chi connectivity index (χ4n) is 3.07. The van der Waals surface area contributed by atoms with Crippen LogP contribution in [0.3, 0.4) is 0 Å². The maximum absolute atomic E-state index is 6.26. The first kappa shape index (κ1) is 12.7. The van der Waals surface area contributed by atoms with Gasteiger partial charge in [-0.1, -0.05) is 43.2 Å². The van der Waals surface area contributed by atoms with Crippen molar-refractivity contribution < 1.29 is 0 Å². The summed E-state index contributed by atoms with van der Waals surface area (Å²) in [5.74, 6) is 1.57. The normalized spacial score (nSPS) is 17.8. The lowest BCUT2D eigenvalue weighted by Crippen LogP contribution is -2.15. The molecule has 0 aliphatic heterocycles. The third-order valence-electron chi connectivity index (χ3n) is 4.18. The van der Waals surface area contributed by atoms with Crippen LogP contribution in [0, 0.1) is 5.92 Å². The van der Waals surface area contributed by atoms with E-state index in [1.807, 2.05) is 18.2 Å². The van der Waals surface area contributed by atoms with Gasteiger partial charge in [0.2, 0.25) is 5.28 Å². The predicted molar refractivity (Wildman–Crippen MR) is 77.1 cm³/mol. The van der Waals surface area contributed by atoms with E-state index in [4.69, 9.17) is 11.6 Å². The molecule has 0 spiro atoms. The Morgan fingerprint density at radius 1 is 1.16 bits per heavy atom. The van der Waals surface area contributed by atoms with Gasteiger partial charge in [-0.25, -0.2) is 0 Å². The highest BCUT2D eigenvalue weighted by Crippen LogP contribution is 2.37. The highest BCUT2D eigenvalue weighted by atomic mass is 35.5. The summed E-state index contributed by atoms with van der Waals surface area (Å²) in [6, 6.07) is 10.5. The van der Waals surface area contributed by atoms with E-state index in [0.29, 0.717) is 17.2 Å². The van der Waals surface area contributed by atoms with E-state index in [1.165, 1.54) is 25.7 Å². The molecule has 0 amide bonds. The topological polar surface area (TPSA) is 30.7 Å². The third kappa shape index (κ3) is 2.39. The van der Waals surface area contributed by atoms with Crippen LogP contribution >= 0.6 is 11.6 Å². The van der Waals surface area contributed by atoms with Crippen LogP contribution in [0.5, 0.6) is 0 Å². The maximum Gasteiger partial charge on any atom is 0.225 e. The van der Waals surface area contributed by atoms with Crippen LogP contribution in [0.15, 0.2) is 30.3 Å². The van der Waals surface area contributed by atoms with E-state index in [0.717, 1.165) is 11.4 Å². The number of halogens is 1. The van der Waals surface area contributed by atoms with Crippen molar-refractivity contribution >= 4 is 11.6 Å². The molecule has 1 aromatic carbocycles. The Kier molecular flexibility index (Phi) is 3.56. The molecule has 19 heavy (non-hydrogen) atoms. The molecule has 0 N–H and O–H groups in total. The first-order chi connectivity index (χ1) is 9.27. The molecule has 100 valence electrons. The summed E-state index contributed by atoms with van der Waals surface area (Å²) in [5.41, 5.74) is 1.08. The van der Waals surface area contributed by atoms with Crippen molar-refractivity contribution in [3.05, 3.63) is 35.6 Å².